The molecule has 1 aliphatic heterocycles. The molecule has 2 aliphatic rings. The molecule has 34 heavy (non-hydrogen) atoms. The van der Waals surface area contributed by atoms with Crippen molar-refractivity contribution in [1.29, 1.82) is 0 Å². The van der Waals surface area contributed by atoms with Crippen LogP contribution in [0.25, 0.3) is 27.7 Å². The number of halogens is 2. The third-order valence-corrected chi connectivity index (χ3v) is 8.47. The second-order valence-electron chi connectivity index (χ2n) is 9.67. The molecule has 4 aromatic rings. The van der Waals surface area contributed by atoms with Gasteiger partial charge in [0.15, 0.2) is 11.6 Å². The van der Waals surface area contributed by atoms with E-state index in [4.69, 9.17) is 0 Å². The van der Waals surface area contributed by atoms with Crippen LogP contribution in [-0.2, 0) is 15.6 Å². The number of aryl methyl sites for hydroxylation is 1. The Labute approximate surface area is 195 Å². The quantitative estimate of drug-likeness (QED) is 0.454. The Balaban J connectivity index is 1.58. The molecule has 0 bridgehead atoms. The molecule has 0 unspecified atom stereocenters. The van der Waals surface area contributed by atoms with E-state index in [1.807, 2.05) is 13.8 Å². The van der Waals surface area contributed by atoms with Crippen LogP contribution in [0.3, 0.4) is 0 Å². The number of rotatable bonds is 4. The Morgan fingerprint density at radius 3 is 2.68 bits per heavy atom. The number of anilines is 1. The first kappa shape index (κ1) is 21.3. The number of aromatic nitrogens is 4. The van der Waals surface area contributed by atoms with Crippen LogP contribution < -0.4 is 5.32 Å². The van der Waals surface area contributed by atoms with Crippen molar-refractivity contribution in [2.75, 3.05) is 11.1 Å². The summed E-state index contributed by atoms with van der Waals surface area (Å²) in [5.74, 6) is -0.251. The molecule has 0 atom stereocenters. The highest BCUT2D eigenvalue weighted by molar-refractivity contribution is 7.90. The molecule has 1 N–H and O–H groups in total. The summed E-state index contributed by atoms with van der Waals surface area (Å²) in [5, 5.41) is 11.9. The van der Waals surface area contributed by atoms with Gasteiger partial charge in [0.05, 0.1) is 28.1 Å². The van der Waals surface area contributed by atoms with E-state index in [0.29, 0.717) is 28.2 Å². The van der Waals surface area contributed by atoms with Crippen LogP contribution in [0.2, 0.25) is 0 Å². The van der Waals surface area contributed by atoms with Gasteiger partial charge in [-0.05, 0) is 57.2 Å². The van der Waals surface area contributed by atoms with Gasteiger partial charge < -0.3 is 5.32 Å². The minimum atomic E-state index is -3.57. The van der Waals surface area contributed by atoms with Crippen LogP contribution >= 0.6 is 0 Å². The fourth-order valence-electron chi connectivity index (χ4n) is 4.86. The SMILES string of the molecule is Cc1nnc2n1-c1c(cc(F)c(-c3cccc4c3ccn4S(=O)(=O)CC3CC3)c1F)NC2(C)C. The molecule has 7 nitrogen and oxygen atoms in total. The summed E-state index contributed by atoms with van der Waals surface area (Å²) >= 11 is 0. The summed E-state index contributed by atoms with van der Waals surface area (Å²) in [5.41, 5.74) is 0.231. The topological polar surface area (TPSA) is 81.8 Å². The summed E-state index contributed by atoms with van der Waals surface area (Å²) in [6, 6.07) is 7.76. The van der Waals surface area contributed by atoms with Crippen molar-refractivity contribution in [2.24, 2.45) is 5.92 Å². The predicted octanol–water partition coefficient (Wildman–Crippen LogP) is 4.72. The molecule has 1 fully saturated rings. The maximum atomic E-state index is 16.2. The van der Waals surface area contributed by atoms with Gasteiger partial charge in [-0.15, -0.1) is 10.2 Å². The van der Waals surface area contributed by atoms with E-state index in [1.165, 1.54) is 16.2 Å². The van der Waals surface area contributed by atoms with Crippen molar-refractivity contribution in [3.8, 4) is 16.8 Å². The van der Waals surface area contributed by atoms with Gasteiger partial charge >= 0.3 is 0 Å². The van der Waals surface area contributed by atoms with E-state index in [2.05, 4.69) is 15.5 Å². The van der Waals surface area contributed by atoms with Crippen LogP contribution in [0.1, 0.15) is 38.3 Å². The van der Waals surface area contributed by atoms with Gasteiger partial charge in [-0.2, -0.15) is 0 Å². The van der Waals surface area contributed by atoms with Gasteiger partial charge in [-0.25, -0.2) is 21.2 Å². The number of benzene rings is 2. The zero-order chi connectivity index (χ0) is 24.0. The van der Waals surface area contributed by atoms with Gasteiger partial charge in [0.25, 0.3) is 0 Å². The first-order valence-electron chi connectivity index (χ1n) is 11.2. The summed E-state index contributed by atoms with van der Waals surface area (Å²) in [4.78, 5) is 0. The lowest BCUT2D eigenvalue weighted by atomic mass is 9.95. The van der Waals surface area contributed by atoms with Crippen LogP contribution in [0, 0.1) is 24.5 Å². The Hall–Kier alpha value is -3.27. The molecule has 3 heterocycles. The molecule has 6 rings (SSSR count). The van der Waals surface area contributed by atoms with E-state index in [0.717, 1.165) is 12.8 Å². The second kappa shape index (κ2) is 6.88. The molecule has 2 aromatic carbocycles. The van der Waals surface area contributed by atoms with E-state index < -0.39 is 27.2 Å². The molecular formula is C24H23F2N5O2S. The fraction of sp³-hybridized carbons (Fsp3) is 0.333. The molecule has 0 amide bonds. The minimum Gasteiger partial charge on any atom is -0.371 e. The zero-order valence-corrected chi connectivity index (χ0v) is 19.7. The maximum Gasteiger partial charge on any atom is 0.239 e. The average Bonchev–Trinajstić information content (AvgIpc) is 3.28. The van der Waals surface area contributed by atoms with Gasteiger partial charge in [-0.3, -0.25) is 4.57 Å². The summed E-state index contributed by atoms with van der Waals surface area (Å²) in [6.07, 6.45) is 3.28. The highest BCUT2D eigenvalue weighted by Gasteiger charge is 2.37. The molecular weight excluding hydrogens is 460 g/mol. The number of fused-ring (bicyclic) bond motifs is 4. The highest BCUT2D eigenvalue weighted by Crippen LogP contribution is 2.43. The molecule has 176 valence electrons. The average molecular weight is 484 g/mol. The lowest BCUT2D eigenvalue weighted by Crippen LogP contribution is -2.36. The second-order valence-corrected chi connectivity index (χ2v) is 11.6. The molecule has 2 aromatic heterocycles. The minimum absolute atomic E-state index is 0.0692. The monoisotopic (exact) mass is 483 g/mol. The maximum absolute atomic E-state index is 16.2. The first-order chi connectivity index (χ1) is 16.1. The smallest absolute Gasteiger partial charge is 0.239 e. The van der Waals surface area contributed by atoms with Crippen LogP contribution in [0.5, 0.6) is 0 Å². The van der Waals surface area contributed by atoms with Gasteiger partial charge in [-0.1, -0.05) is 12.1 Å². The van der Waals surface area contributed by atoms with Crippen molar-refractivity contribution in [3.63, 3.8) is 0 Å². The zero-order valence-electron chi connectivity index (χ0n) is 18.9. The van der Waals surface area contributed by atoms with Gasteiger partial charge in [0, 0.05) is 17.6 Å². The molecule has 0 spiro atoms. The fourth-order valence-corrected chi connectivity index (χ4v) is 6.66. The summed E-state index contributed by atoms with van der Waals surface area (Å²) in [7, 11) is -3.57. The molecule has 10 heteroatoms. The Kier molecular flexibility index (Phi) is 4.30. The van der Waals surface area contributed by atoms with Crippen molar-refractivity contribution < 1.29 is 17.2 Å². The molecule has 1 aliphatic carbocycles. The normalized spacial score (nSPS) is 16.9. The number of hydrogen-bond donors (Lipinski definition) is 1. The van der Waals surface area contributed by atoms with E-state index in [-0.39, 0.29) is 28.5 Å². The van der Waals surface area contributed by atoms with E-state index in [1.54, 1.807) is 35.8 Å². The Morgan fingerprint density at radius 1 is 1.18 bits per heavy atom. The van der Waals surface area contributed by atoms with Crippen molar-refractivity contribution >= 4 is 26.6 Å². The Bertz CT molecular complexity index is 1600. The summed E-state index contributed by atoms with van der Waals surface area (Å²) in [6.45, 7) is 5.45. The summed E-state index contributed by atoms with van der Waals surface area (Å²) < 4.78 is 60.3. The third-order valence-electron chi connectivity index (χ3n) is 6.66. The lowest BCUT2D eigenvalue weighted by Gasteiger charge is -2.34. The Morgan fingerprint density at radius 2 is 1.94 bits per heavy atom. The number of nitrogens with zero attached hydrogens (tertiary/aromatic N) is 4. The van der Waals surface area contributed by atoms with Crippen molar-refractivity contribution in [2.45, 2.75) is 39.2 Å². The van der Waals surface area contributed by atoms with Crippen LogP contribution in [0.4, 0.5) is 14.5 Å². The molecule has 0 saturated heterocycles. The standard InChI is InChI=1S/C24H23F2N5O2S/c1-13-28-29-23-24(2,3)27-18-11-17(25)20(21(26)22(18)31(13)23)16-5-4-6-19-15(16)9-10-30(19)34(32,33)12-14-7-8-14/h4-6,9-11,14,27H,7-8,12H2,1-3H3. The predicted molar refractivity (Wildman–Crippen MR) is 126 cm³/mol. The number of hydrogen-bond acceptors (Lipinski definition) is 5. The third kappa shape index (κ3) is 3.01. The van der Waals surface area contributed by atoms with Gasteiger partial charge in [0.1, 0.15) is 17.3 Å². The van der Waals surface area contributed by atoms with E-state index in [9.17, 15) is 8.42 Å². The first-order valence-corrected chi connectivity index (χ1v) is 12.8. The van der Waals surface area contributed by atoms with Crippen molar-refractivity contribution in [3.05, 3.63) is 59.8 Å². The van der Waals surface area contributed by atoms with E-state index >= 15 is 8.78 Å². The van der Waals surface area contributed by atoms with Crippen molar-refractivity contribution in [1.82, 2.24) is 18.7 Å². The highest BCUT2D eigenvalue weighted by atomic mass is 32.2. The number of nitrogens with one attached hydrogen (secondary N) is 1. The van der Waals surface area contributed by atoms with Gasteiger partial charge in [0.2, 0.25) is 10.0 Å². The molecule has 0 radical (unpaired) electrons. The van der Waals surface area contributed by atoms with Crippen LogP contribution in [-0.4, -0.2) is 32.9 Å². The van der Waals surface area contributed by atoms with Crippen LogP contribution in [0.15, 0.2) is 36.5 Å². The largest absolute Gasteiger partial charge is 0.371 e. The lowest BCUT2D eigenvalue weighted by molar-refractivity contribution is 0.517. The molecule has 1 saturated carbocycles.